The van der Waals surface area contributed by atoms with Gasteiger partial charge in [0.05, 0.1) is 0 Å². The van der Waals surface area contributed by atoms with Crippen LogP contribution in [0, 0.1) is 0 Å². The molecule has 23 heavy (non-hydrogen) atoms. The molecule has 0 spiro atoms. The average Bonchev–Trinajstić information content (AvgIpc) is 2.58. The normalized spacial score (nSPS) is 10.3. The number of nitrogens with zero attached hydrogens (tertiary/aromatic N) is 1. The Bertz CT molecular complexity index is 870. The third-order valence-corrected chi connectivity index (χ3v) is 3.50. The summed E-state index contributed by atoms with van der Waals surface area (Å²) in [6, 6.07) is 22.3. The van der Waals surface area contributed by atoms with Gasteiger partial charge in [-0.3, -0.25) is 9.59 Å². The Morgan fingerprint density at radius 2 is 1.57 bits per heavy atom. The number of hydrogen-bond acceptors (Lipinski definition) is 2. The minimum absolute atomic E-state index is 0.0111. The van der Waals surface area contributed by atoms with Gasteiger partial charge in [-0.15, -0.1) is 0 Å². The third kappa shape index (κ3) is 3.55. The van der Waals surface area contributed by atoms with Crippen LogP contribution in [0.5, 0.6) is 0 Å². The van der Waals surface area contributed by atoms with E-state index in [2.05, 4.69) is 5.32 Å². The Hall–Kier alpha value is -3.14. The van der Waals surface area contributed by atoms with Crippen molar-refractivity contribution < 1.29 is 4.79 Å². The minimum Gasteiger partial charge on any atom is -0.324 e. The van der Waals surface area contributed by atoms with Gasteiger partial charge in [0.2, 0.25) is 5.91 Å². The highest BCUT2D eigenvalue weighted by atomic mass is 16.2. The summed E-state index contributed by atoms with van der Waals surface area (Å²) in [6.07, 6.45) is 1.60. The molecule has 3 rings (SSSR count). The second kappa shape index (κ2) is 6.75. The molecule has 4 nitrogen and oxygen atoms in total. The average molecular weight is 304 g/mol. The zero-order valence-corrected chi connectivity index (χ0v) is 12.5. The lowest BCUT2D eigenvalue weighted by molar-refractivity contribution is -0.116. The van der Waals surface area contributed by atoms with Crippen LogP contribution in [0.1, 0.15) is 0 Å². The molecule has 1 aromatic heterocycles. The monoisotopic (exact) mass is 304 g/mol. The van der Waals surface area contributed by atoms with E-state index >= 15 is 0 Å². The standard InChI is InChI=1S/C19H16N2O2/c22-18(14-21-13-7-6-12-19(21)23)20-17-11-5-4-10-16(17)15-8-2-1-3-9-15/h1-13H,14H2,(H,20,22). The van der Waals surface area contributed by atoms with E-state index in [1.165, 1.54) is 10.6 Å². The van der Waals surface area contributed by atoms with Crippen LogP contribution in [-0.4, -0.2) is 10.5 Å². The molecule has 0 bridgehead atoms. The molecule has 2 aromatic carbocycles. The molecule has 0 aliphatic carbocycles. The number of aromatic nitrogens is 1. The van der Waals surface area contributed by atoms with Crippen LogP contribution in [0.15, 0.2) is 83.8 Å². The quantitative estimate of drug-likeness (QED) is 0.805. The number of anilines is 1. The Morgan fingerprint density at radius 1 is 0.870 bits per heavy atom. The van der Waals surface area contributed by atoms with E-state index in [4.69, 9.17) is 0 Å². The van der Waals surface area contributed by atoms with Crippen molar-refractivity contribution in [2.24, 2.45) is 0 Å². The van der Waals surface area contributed by atoms with E-state index in [0.29, 0.717) is 0 Å². The molecule has 0 saturated carbocycles. The highest BCUT2D eigenvalue weighted by Crippen LogP contribution is 2.27. The molecule has 0 unspecified atom stereocenters. The number of pyridine rings is 1. The molecular weight excluding hydrogens is 288 g/mol. The summed E-state index contributed by atoms with van der Waals surface area (Å²) in [5.74, 6) is -0.235. The lowest BCUT2D eigenvalue weighted by Crippen LogP contribution is -2.26. The first-order valence-electron chi connectivity index (χ1n) is 7.34. The molecule has 0 radical (unpaired) electrons. The first kappa shape index (κ1) is 14.8. The van der Waals surface area contributed by atoms with Crippen molar-refractivity contribution in [3.8, 4) is 11.1 Å². The SMILES string of the molecule is O=C(Cn1ccccc1=O)Nc1ccccc1-c1ccccc1. The number of para-hydroxylation sites is 1. The summed E-state index contributed by atoms with van der Waals surface area (Å²) < 4.78 is 1.38. The maximum atomic E-state index is 12.2. The number of benzene rings is 2. The van der Waals surface area contributed by atoms with Crippen LogP contribution in [0.4, 0.5) is 5.69 Å². The van der Waals surface area contributed by atoms with Crippen LogP contribution >= 0.6 is 0 Å². The fraction of sp³-hybridized carbons (Fsp3) is 0.0526. The Labute approximate surface area is 134 Å². The number of amides is 1. The van der Waals surface area contributed by atoms with Crippen LogP contribution in [0.25, 0.3) is 11.1 Å². The van der Waals surface area contributed by atoms with Gasteiger partial charge in [0.1, 0.15) is 6.54 Å². The predicted molar refractivity (Wildman–Crippen MR) is 91.2 cm³/mol. The van der Waals surface area contributed by atoms with Gasteiger partial charge in [0, 0.05) is 23.5 Å². The van der Waals surface area contributed by atoms with Crippen molar-refractivity contribution in [1.29, 1.82) is 0 Å². The minimum atomic E-state index is -0.235. The van der Waals surface area contributed by atoms with E-state index in [-0.39, 0.29) is 18.0 Å². The molecule has 0 saturated heterocycles. The Balaban J connectivity index is 1.82. The fourth-order valence-corrected chi connectivity index (χ4v) is 2.40. The maximum Gasteiger partial charge on any atom is 0.250 e. The number of rotatable bonds is 4. The number of hydrogen-bond donors (Lipinski definition) is 1. The topological polar surface area (TPSA) is 51.1 Å². The van der Waals surface area contributed by atoms with Gasteiger partial charge in [0.15, 0.2) is 0 Å². The highest BCUT2D eigenvalue weighted by Gasteiger charge is 2.09. The van der Waals surface area contributed by atoms with Crippen molar-refractivity contribution in [1.82, 2.24) is 4.57 Å². The molecule has 1 N–H and O–H groups in total. The van der Waals surface area contributed by atoms with Crippen LogP contribution in [-0.2, 0) is 11.3 Å². The largest absolute Gasteiger partial charge is 0.324 e. The fourth-order valence-electron chi connectivity index (χ4n) is 2.40. The Morgan fingerprint density at radius 3 is 2.35 bits per heavy atom. The molecule has 1 heterocycles. The van der Waals surface area contributed by atoms with Gasteiger partial charge < -0.3 is 9.88 Å². The van der Waals surface area contributed by atoms with Crippen LogP contribution in [0.3, 0.4) is 0 Å². The summed E-state index contributed by atoms with van der Waals surface area (Å²) in [6.45, 7) is -0.0111. The third-order valence-electron chi connectivity index (χ3n) is 3.50. The van der Waals surface area contributed by atoms with Gasteiger partial charge in [0.25, 0.3) is 5.56 Å². The molecule has 3 aromatic rings. The number of carbonyl (C=O) groups excluding carboxylic acids is 1. The lowest BCUT2D eigenvalue weighted by atomic mass is 10.0. The molecule has 114 valence electrons. The first-order chi connectivity index (χ1) is 11.2. The van der Waals surface area contributed by atoms with Gasteiger partial charge in [-0.05, 0) is 17.7 Å². The molecule has 4 heteroatoms. The molecule has 1 amide bonds. The van der Waals surface area contributed by atoms with Gasteiger partial charge in [-0.1, -0.05) is 54.6 Å². The molecule has 0 aliphatic rings. The summed E-state index contributed by atoms with van der Waals surface area (Å²) in [7, 11) is 0. The Kier molecular flexibility index (Phi) is 4.34. The number of nitrogens with one attached hydrogen (secondary N) is 1. The molecular formula is C19H16N2O2. The summed E-state index contributed by atoms with van der Waals surface area (Å²) in [4.78, 5) is 23.9. The van der Waals surface area contributed by atoms with Crippen molar-refractivity contribution in [2.45, 2.75) is 6.54 Å². The zero-order chi connectivity index (χ0) is 16.1. The predicted octanol–water partition coefficient (Wildman–Crippen LogP) is 3.15. The summed E-state index contributed by atoms with van der Waals surface area (Å²) >= 11 is 0. The van der Waals surface area contributed by atoms with Crippen LogP contribution < -0.4 is 10.9 Å². The summed E-state index contributed by atoms with van der Waals surface area (Å²) in [5, 5.41) is 2.89. The number of carbonyl (C=O) groups is 1. The lowest BCUT2D eigenvalue weighted by Gasteiger charge is -2.12. The molecule has 0 fully saturated rings. The van der Waals surface area contributed by atoms with Gasteiger partial charge >= 0.3 is 0 Å². The van der Waals surface area contributed by atoms with E-state index in [1.54, 1.807) is 18.3 Å². The smallest absolute Gasteiger partial charge is 0.250 e. The zero-order valence-electron chi connectivity index (χ0n) is 12.5. The van der Waals surface area contributed by atoms with Gasteiger partial charge in [-0.25, -0.2) is 0 Å². The highest BCUT2D eigenvalue weighted by molar-refractivity contribution is 5.95. The molecule has 0 atom stereocenters. The molecule has 0 aliphatic heterocycles. The summed E-state index contributed by atoms with van der Waals surface area (Å²) in [5.41, 5.74) is 2.51. The second-order valence-corrected chi connectivity index (χ2v) is 5.13. The van der Waals surface area contributed by atoms with E-state index in [1.807, 2.05) is 54.6 Å². The van der Waals surface area contributed by atoms with E-state index in [0.717, 1.165) is 16.8 Å². The maximum absolute atomic E-state index is 12.2. The first-order valence-corrected chi connectivity index (χ1v) is 7.34. The van der Waals surface area contributed by atoms with Crippen molar-refractivity contribution >= 4 is 11.6 Å². The van der Waals surface area contributed by atoms with E-state index < -0.39 is 0 Å². The van der Waals surface area contributed by atoms with Crippen molar-refractivity contribution in [3.05, 3.63) is 89.3 Å². The van der Waals surface area contributed by atoms with Crippen molar-refractivity contribution in [2.75, 3.05) is 5.32 Å². The van der Waals surface area contributed by atoms with Crippen LogP contribution in [0.2, 0.25) is 0 Å². The second-order valence-electron chi connectivity index (χ2n) is 5.13. The van der Waals surface area contributed by atoms with E-state index in [9.17, 15) is 9.59 Å². The van der Waals surface area contributed by atoms with Crippen molar-refractivity contribution in [3.63, 3.8) is 0 Å². The van der Waals surface area contributed by atoms with Gasteiger partial charge in [-0.2, -0.15) is 0 Å².